The Labute approximate surface area is 420 Å². The molecule has 72 heavy (non-hydrogen) atoms. The Balaban J connectivity index is 0.988. The van der Waals surface area contributed by atoms with Gasteiger partial charge in [-0.05, 0) is 139 Å². The summed E-state index contributed by atoms with van der Waals surface area (Å²) in [7, 11) is 0. The van der Waals surface area contributed by atoms with Crippen LogP contribution >= 0.6 is 0 Å². The van der Waals surface area contributed by atoms with Gasteiger partial charge < -0.3 is 13.9 Å². The highest BCUT2D eigenvalue weighted by molar-refractivity contribution is 6.11. The fourth-order valence-corrected chi connectivity index (χ4v) is 11.6. The Morgan fingerprint density at radius 3 is 1.75 bits per heavy atom. The van der Waals surface area contributed by atoms with Crippen molar-refractivity contribution in [2.45, 2.75) is 31.6 Å². The molecule has 10 aromatic carbocycles. The largest absolute Gasteiger partial charge is 0.456 e. The van der Waals surface area contributed by atoms with E-state index in [9.17, 15) is 0 Å². The molecule has 0 bridgehead atoms. The fourth-order valence-electron chi connectivity index (χ4n) is 11.6. The summed E-state index contributed by atoms with van der Waals surface area (Å²) >= 11 is 0. The molecular formula is C69H52N2O. The van der Waals surface area contributed by atoms with Gasteiger partial charge in [0, 0.05) is 50.4 Å². The van der Waals surface area contributed by atoms with Crippen molar-refractivity contribution < 1.29 is 4.42 Å². The summed E-state index contributed by atoms with van der Waals surface area (Å²) < 4.78 is 8.94. The summed E-state index contributed by atoms with van der Waals surface area (Å²) in [6.45, 7) is 14.9. The molecule has 0 spiro atoms. The molecule has 0 aliphatic heterocycles. The molecule has 2 heterocycles. The number of hydrogen-bond donors (Lipinski definition) is 0. The molecule has 0 saturated heterocycles. The van der Waals surface area contributed by atoms with Gasteiger partial charge in [-0.2, -0.15) is 0 Å². The Bertz CT molecular complexity index is 4090. The minimum Gasteiger partial charge on any atom is -0.456 e. The zero-order chi connectivity index (χ0) is 48.7. The number of fused-ring (bicyclic) bond motifs is 9. The van der Waals surface area contributed by atoms with Crippen LogP contribution in [0, 0.1) is 0 Å². The molecule has 0 amide bonds. The third kappa shape index (κ3) is 6.72. The monoisotopic (exact) mass is 924 g/mol. The van der Waals surface area contributed by atoms with Crippen molar-refractivity contribution in [2.24, 2.45) is 0 Å². The number of furan rings is 1. The lowest BCUT2D eigenvalue weighted by molar-refractivity contribution is 0.589. The van der Waals surface area contributed by atoms with Crippen molar-refractivity contribution in [3.63, 3.8) is 0 Å². The third-order valence-corrected chi connectivity index (χ3v) is 15.2. The number of para-hydroxylation sites is 2. The minimum atomic E-state index is -0.604. The van der Waals surface area contributed by atoms with Crippen LogP contribution < -0.4 is 4.90 Å². The molecule has 1 aliphatic rings. The molecule has 1 aliphatic carbocycles. The summed E-state index contributed by atoms with van der Waals surface area (Å²) in [6.07, 6.45) is 3.81. The van der Waals surface area contributed by atoms with Gasteiger partial charge in [-0.15, -0.1) is 0 Å². The molecule has 1 unspecified atom stereocenters. The van der Waals surface area contributed by atoms with Crippen LogP contribution in [0.15, 0.2) is 242 Å². The Hall–Kier alpha value is -8.92. The number of nitrogens with zero attached hydrogens (tertiary/aromatic N) is 2. The summed E-state index contributed by atoms with van der Waals surface area (Å²) in [4.78, 5) is 2.39. The van der Waals surface area contributed by atoms with Crippen LogP contribution in [0.4, 0.5) is 17.1 Å². The summed E-state index contributed by atoms with van der Waals surface area (Å²) in [5, 5.41) is 4.65. The second-order valence-corrected chi connectivity index (χ2v) is 20.2. The first-order valence-electron chi connectivity index (χ1n) is 24.9. The lowest BCUT2D eigenvalue weighted by Crippen LogP contribution is -2.29. The number of aromatic nitrogens is 1. The van der Waals surface area contributed by atoms with Gasteiger partial charge >= 0.3 is 0 Å². The predicted molar refractivity (Wildman–Crippen MR) is 304 cm³/mol. The lowest BCUT2D eigenvalue weighted by Gasteiger charge is -2.35. The average Bonchev–Trinajstić information content (AvgIpc) is 4.07. The van der Waals surface area contributed by atoms with Crippen LogP contribution in [-0.4, -0.2) is 4.57 Å². The summed E-state index contributed by atoms with van der Waals surface area (Å²) in [5.41, 5.74) is 21.0. The summed E-state index contributed by atoms with van der Waals surface area (Å²) in [5.74, 6) is 0. The van der Waals surface area contributed by atoms with Gasteiger partial charge in [0.1, 0.15) is 11.2 Å². The smallest absolute Gasteiger partial charge is 0.137 e. The Morgan fingerprint density at radius 2 is 1.01 bits per heavy atom. The van der Waals surface area contributed by atoms with E-state index in [2.05, 4.69) is 256 Å². The normalized spacial score (nSPS) is 14.2. The van der Waals surface area contributed by atoms with E-state index in [0.717, 1.165) is 66.9 Å². The van der Waals surface area contributed by atoms with Gasteiger partial charge in [0.25, 0.3) is 0 Å². The van der Waals surface area contributed by atoms with Crippen molar-refractivity contribution in [1.82, 2.24) is 4.57 Å². The van der Waals surface area contributed by atoms with Gasteiger partial charge in [-0.3, -0.25) is 0 Å². The van der Waals surface area contributed by atoms with Crippen molar-refractivity contribution in [3.05, 3.63) is 277 Å². The topological polar surface area (TPSA) is 21.3 Å². The van der Waals surface area contributed by atoms with Crippen molar-refractivity contribution in [1.29, 1.82) is 0 Å². The SMILES string of the molecule is C=Cc1ccc(-n2c3ccccc3c3cc(-c4ccc(N(c5ccc6c(c5)C(c5ccc(C=C)cc5)(c5ccc(C(C)(C)C)cc5)c5ccccc5-6)c5ccc6c(c5)oc5ccccc56)cc4)ccc32)cc1. The minimum absolute atomic E-state index is 0.0129. The van der Waals surface area contributed by atoms with E-state index in [1.807, 2.05) is 24.3 Å². The fraction of sp³-hybridized carbons (Fsp3) is 0.0725. The molecule has 3 nitrogen and oxygen atoms in total. The van der Waals surface area contributed by atoms with Crippen molar-refractivity contribution in [2.75, 3.05) is 4.90 Å². The zero-order valence-corrected chi connectivity index (χ0v) is 40.7. The molecule has 2 aromatic heterocycles. The maximum absolute atomic E-state index is 6.58. The molecular weight excluding hydrogens is 873 g/mol. The van der Waals surface area contributed by atoms with E-state index < -0.39 is 5.41 Å². The van der Waals surface area contributed by atoms with Crippen LogP contribution in [0.2, 0.25) is 0 Å². The molecule has 0 fully saturated rings. The van der Waals surface area contributed by atoms with Crippen molar-refractivity contribution >= 4 is 73.0 Å². The van der Waals surface area contributed by atoms with E-state index >= 15 is 0 Å². The van der Waals surface area contributed by atoms with E-state index in [0.29, 0.717) is 0 Å². The van der Waals surface area contributed by atoms with E-state index in [1.54, 1.807) is 0 Å². The number of hydrogen-bond acceptors (Lipinski definition) is 2. The third-order valence-electron chi connectivity index (χ3n) is 15.2. The second-order valence-electron chi connectivity index (χ2n) is 20.2. The van der Waals surface area contributed by atoms with Gasteiger partial charge in [0.2, 0.25) is 0 Å². The molecule has 1 atom stereocenters. The maximum atomic E-state index is 6.58. The molecule has 12 aromatic rings. The first-order valence-corrected chi connectivity index (χ1v) is 24.9. The van der Waals surface area contributed by atoms with Gasteiger partial charge in [-0.1, -0.05) is 192 Å². The van der Waals surface area contributed by atoms with Crippen LogP contribution in [0.1, 0.15) is 59.7 Å². The zero-order valence-electron chi connectivity index (χ0n) is 40.7. The quantitative estimate of drug-likeness (QED) is 0.144. The standard InChI is InChI=1S/C69H52N2O/c1-6-45-20-27-50(28-21-45)69(51-31-29-49(30-32-51)68(3,4)5)62-17-11-8-14-56(62)57-39-37-54(43-63(57)69)70(55-38-40-60-59-16-10-13-19-66(59)72-67(60)44-55)52-35-24-47(25-36-52)48-26-41-65-61(42-48)58-15-9-12-18-64(58)71(65)53-33-22-46(7-2)23-34-53/h6-44H,1-2H2,3-5H3. The molecule has 0 radical (unpaired) electrons. The van der Waals surface area contributed by atoms with Crippen LogP contribution in [0.3, 0.4) is 0 Å². The highest BCUT2D eigenvalue weighted by Crippen LogP contribution is 2.57. The number of anilines is 3. The molecule has 344 valence electrons. The Morgan fingerprint density at radius 1 is 0.444 bits per heavy atom. The lowest BCUT2D eigenvalue weighted by atomic mass is 9.67. The highest BCUT2D eigenvalue weighted by atomic mass is 16.3. The van der Waals surface area contributed by atoms with Gasteiger partial charge in [-0.25, -0.2) is 0 Å². The molecule has 13 rings (SSSR count). The first kappa shape index (κ1) is 43.1. The highest BCUT2D eigenvalue weighted by Gasteiger charge is 2.46. The average molecular weight is 925 g/mol. The second kappa shape index (κ2) is 16.6. The van der Waals surface area contributed by atoms with Crippen LogP contribution in [0.5, 0.6) is 0 Å². The van der Waals surface area contributed by atoms with Gasteiger partial charge in [0.05, 0.1) is 16.4 Å². The van der Waals surface area contributed by atoms with E-state index in [4.69, 9.17) is 4.42 Å². The van der Waals surface area contributed by atoms with Crippen LogP contribution in [0.25, 0.3) is 83.8 Å². The Kier molecular flexibility index (Phi) is 9.95. The van der Waals surface area contributed by atoms with E-state index in [1.165, 1.54) is 60.8 Å². The number of rotatable bonds is 9. The molecule has 0 saturated carbocycles. The van der Waals surface area contributed by atoms with Crippen LogP contribution in [-0.2, 0) is 10.8 Å². The van der Waals surface area contributed by atoms with Crippen molar-refractivity contribution in [3.8, 4) is 27.9 Å². The van der Waals surface area contributed by atoms with Gasteiger partial charge in [0.15, 0.2) is 0 Å². The van der Waals surface area contributed by atoms with E-state index in [-0.39, 0.29) is 5.41 Å². The maximum Gasteiger partial charge on any atom is 0.137 e. The predicted octanol–water partition coefficient (Wildman–Crippen LogP) is 18.8. The molecule has 0 N–H and O–H groups in total. The number of benzene rings is 10. The molecule has 3 heteroatoms. The summed E-state index contributed by atoms with van der Waals surface area (Å²) in [6, 6.07) is 82.6. The first-order chi connectivity index (χ1) is 35.2.